The van der Waals surface area contributed by atoms with Crippen LogP contribution in [-0.2, 0) is 14.9 Å². The van der Waals surface area contributed by atoms with Crippen LogP contribution in [0, 0.1) is 12.8 Å². The number of carbonyl (C=O) groups excluding carboxylic acids is 1. The number of ether oxygens (including phenoxy) is 1. The smallest absolute Gasteiger partial charge is 0.223 e. The van der Waals surface area contributed by atoms with Crippen molar-refractivity contribution >= 4 is 5.91 Å². The monoisotopic (exact) mass is 331 g/mol. The van der Waals surface area contributed by atoms with Crippen LogP contribution in [0.15, 0.2) is 24.3 Å². The summed E-state index contributed by atoms with van der Waals surface area (Å²) in [5.41, 5.74) is 2.46. The zero-order chi connectivity index (χ0) is 17.7. The van der Waals surface area contributed by atoms with Gasteiger partial charge in [-0.05, 0) is 45.1 Å². The molecule has 1 aliphatic heterocycles. The van der Waals surface area contributed by atoms with Gasteiger partial charge in [-0.2, -0.15) is 0 Å². The van der Waals surface area contributed by atoms with Gasteiger partial charge in [-0.1, -0.05) is 43.7 Å². The van der Waals surface area contributed by atoms with E-state index < -0.39 is 0 Å². The SMILES string of the molecule is CCN(CC)C(=O)CC1(c2ccc(C)cc2)CCOC(C(C)C)C1. The predicted octanol–water partition coefficient (Wildman–Crippen LogP) is 4.33. The molecule has 3 nitrogen and oxygen atoms in total. The van der Waals surface area contributed by atoms with Crippen LogP contribution >= 0.6 is 0 Å². The molecule has 1 aliphatic rings. The Kier molecular flexibility index (Phi) is 6.45. The van der Waals surface area contributed by atoms with Crippen molar-refractivity contribution in [1.82, 2.24) is 4.90 Å². The Morgan fingerprint density at radius 2 is 1.88 bits per heavy atom. The maximum absolute atomic E-state index is 12.9. The summed E-state index contributed by atoms with van der Waals surface area (Å²) in [6.07, 6.45) is 2.67. The van der Waals surface area contributed by atoms with Gasteiger partial charge in [0.05, 0.1) is 6.10 Å². The zero-order valence-electron chi connectivity index (χ0n) is 16.0. The molecular formula is C21H33NO2. The number of hydrogen-bond donors (Lipinski definition) is 0. The molecule has 1 saturated heterocycles. The van der Waals surface area contributed by atoms with Gasteiger partial charge in [0, 0.05) is 31.5 Å². The number of amides is 1. The Bertz CT molecular complexity index is 533. The van der Waals surface area contributed by atoms with Crippen LogP contribution in [0.3, 0.4) is 0 Å². The van der Waals surface area contributed by atoms with Crippen molar-refractivity contribution in [3.63, 3.8) is 0 Å². The van der Waals surface area contributed by atoms with E-state index in [2.05, 4.69) is 58.9 Å². The van der Waals surface area contributed by atoms with Crippen LogP contribution in [0.5, 0.6) is 0 Å². The lowest BCUT2D eigenvalue weighted by Crippen LogP contribution is -2.45. The van der Waals surface area contributed by atoms with Gasteiger partial charge in [0.25, 0.3) is 0 Å². The summed E-state index contributed by atoms with van der Waals surface area (Å²) >= 11 is 0. The Hall–Kier alpha value is -1.35. The summed E-state index contributed by atoms with van der Waals surface area (Å²) in [6.45, 7) is 12.9. The molecule has 2 rings (SSSR count). The molecule has 2 unspecified atom stereocenters. The van der Waals surface area contributed by atoms with Crippen molar-refractivity contribution < 1.29 is 9.53 Å². The van der Waals surface area contributed by atoms with E-state index in [9.17, 15) is 4.79 Å². The maximum atomic E-state index is 12.9. The molecule has 0 aliphatic carbocycles. The largest absolute Gasteiger partial charge is 0.378 e. The van der Waals surface area contributed by atoms with Crippen molar-refractivity contribution in [1.29, 1.82) is 0 Å². The molecule has 0 spiro atoms. The van der Waals surface area contributed by atoms with Gasteiger partial charge < -0.3 is 9.64 Å². The molecule has 3 heteroatoms. The first kappa shape index (κ1) is 19.0. The third kappa shape index (κ3) is 4.18. The molecule has 2 atom stereocenters. The van der Waals surface area contributed by atoms with Crippen LogP contribution < -0.4 is 0 Å². The lowest BCUT2D eigenvalue weighted by molar-refractivity contribution is -0.134. The van der Waals surface area contributed by atoms with Gasteiger partial charge in [-0.3, -0.25) is 4.79 Å². The predicted molar refractivity (Wildman–Crippen MR) is 99.2 cm³/mol. The van der Waals surface area contributed by atoms with Crippen molar-refractivity contribution in [3.05, 3.63) is 35.4 Å². The number of benzene rings is 1. The molecule has 0 aromatic heterocycles. The van der Waals surface area contributed by atoms with Crippen LogP contribution in [-0.4, -0.2) is 36.6 Å². The topological polar surface area (TPSA) is 29.5 Å². The standard InChI is InChI=1S/C21H33NO2/c1-6-22(7-2)20(23)15-21(18-10-8-17(5)9-11-18)12-13-24-19(14-21)16(3)4/h8-11,16,19H,6-7,12-15H2,1-5H3. The fourth-order valence-electron chi connectivity index (χ4n) is 3.79. The number of rotatable bonds is 6. The van der Waals surface area contributed by atoms with Gasteiger partial charge in [0.2, 0.25) is 5.91 Å². The average molecular weight is 332 g/mol. The average Bonchev–Trinajstić information content (AvgIpc) is 2.56. The highest BCUT2D eigenvalue weighted by Gasteiger charge is 2.41. The maximum Gasteiger partial charge on any atom is 0.223 e. The van der Waals surface area contributed by atoms with Crippen LogP contribution in [0.1, 0.15) is 58.1 Å². The highest BCUT2D eigenvalue weighted by Crippen LogP contribution is 2.42. The summed E-state index contributed by atoms with van der Waals surface area (Å²) in [6, 6.07) is 8.76. The van der Waals surface area contributed by atoms with Crippen molar-refractivity contribution in [2.75, 3.05) is 19.7 Å². The third-order valence-corrected chi connectivity index (χ3v) is 5.52. The summed E-state index contributed by atoms with van der Waals surface area (Å²) < 4.78 is 6.01. The minimum absolute atomic E-state index is 0.0967. The number of aryl methyl sites for hydroxylation is 1. The molecule has 0 N–H and O–H groups in total. The van der Waals surface area contributed by atoms with E-state index in [1.54, 1.807) is 0 Å². The quantitative estimate of drug-likeness (QED) is 0.776. The Balaban J connectivity index is 2.34. The normalized spacial score (nSPS) is 24.2. The van der Waals surface area contributed by atoms with Crippen molar-refractivity contribution in [3.8, 4) is 0 Å². The molecule has 0 saturated carbocycles. The highest BCUT2D eigenvalue weighted by atomic mass is 16.5. The molecule has 134 valence electrons. The molecule has 1 aromatic rings. The molecule has 1 amide bonds. The van der Waals surface area contributed by atoms with E-state index in [-0.39, 0.29) is 17.4 Å². The lowest BCUT2D eigenvalue weighted by Gasteiger charge is -2.43. The lowest BCUT2D eigenvalue weighted by atomic mass is 9.68. The number of nitrogens with zero attached hydrogens (tertiary/aromatic N) is 1. The third-order valence-electron chi connectivity index (χ3n) is 5.52. The van der Waals surface area contributed by atoms with E-state index in [0.717, 1.165) is 32.5 Å². The highest BCUT2D eigenvalue weighted by molar-refractivity contribution is 5.78. The number of carbonyl (C=O) groups is 1. The molecule has 1 aromatic carbocycles. The molecule has 0 radical (unpaired) electrons. The molecule has 0 bridgehead atoms. The van der Waals surface area contributed by atoms with Crippen LogP contribution in [0.25, 0.3) is 0 Å². The summed E-state index contributed by atoms with van der Waals surface area (Å²) in [4.78, 5) is 14.8. The zero-order valence-corrected chi connectivity index (χ0v) is 16.0. The summed E-state index contributed by atoms with van der Waals surface area (Å²) in [7, 11) is 0. The van der Waals surface area contributed by atoms with Crippen molar-refractivity contribution in [2.45, 2.75) is 65.4 Å². The van der Waals surface area contributed by atoms with Gasteiger partial charge in [-0.25, -0.2) is 0 Å². The Morgan fingerprint density at radius 3 is 2.42 bits per heavy atom. The van der Waals surface area contributed by atoms with Gasteiger partial charge in [0.1, 0.15) is 0 Å². The fourth-order valence-corrected chi connectivity index (χ4v) is 3.79. The minimum Gasteiger partial charge on any atom is -0.378 e. The van der Waals surface area contributed by atoms with Crippen LogP contribution in [0.2, 0.25) is 0 Å². The van der Waals surface area contributed by atoms with Crippen molar-refractivity contribution in [2.24, 2.45) is 5.92 Å². The van der Waals surface area contributed by atoms with Gasteiger partial charge in [-0.15, -0.1) is 0 Å². The second kappa shape index (κ2) is 8.15. The first-order chi connectivity index (χ1) is 11.4. The Morgan fingerprint density at radius 1 is 1.25 bits per heavy atom. The van der Waals surface area contributed by atoms with E-state index in [1.165, 1.54) is 11.1 Å². The second-order valence-electron chi connectivity index (χ2n) is 7.50. The van der Waals surface area contributed by atoms with E-state index in [0.29, 0.717) is 12.3 Å². The van der Waals surface area contributed by atoms with Gasteiger partial charge in [0.15, 0.2) is 0 Å². The fraction of sp³-hybridized carbons (Fsp3) is 0.667. The van der Waals surface area contributed by atoms with Crippen LogP contribution in [0.4, 0.5) is 0 Å². The van der Waals surface area contributed by atoms with E-state index in [1.807, 2.05) is 4.90 Å². The molecule has 24 heavy (non-hydrogen) atoms. The van der Waals surface area contributed by atoms with E-state index in [4.69, 9.17) is 4.74 Å². The molecule has 1 fully saturated rings. The second-order valence-corrected chi connectivity index (χ2v) is 7.50. The summed E-state index contributed by atoms with van der Waals surface area (Å²) in [5.74, 6) is 0.739. The minimum atomic E-state index is -0.0967. The first-order valence-electron chi connectivity index (χ1n) is 9.38. The van der Waals surface area contributed by atoms with Gasteiger partial charge >= 0.3 is 0 Å². The number of hydrogen-bond acceptors (Lipinski definition) is 2. The first-order valence-corrected chi connectivity index (χ1v) is 9.38. The Labute approximate surface area is 147 Å². The summed E-state index contributed by atoms with van der Waals surface area (Å²) in [5, 5.41) is 0. The van der Waals surface area contributed by atoms with E-state index >= 15 is 0 Å². The molecular weight excluding hydrogens is 298 g/mol. The molecule has 1 heterocycles.